The van der Waals surface area contributed by atoms with Crippen LogP contribution in [0.1, 0.15) is 57.5 Å². The van der Waals surface area contributed by atoms with Gasteiger partial charge in [-0.15, -0.1) is 0 Å². The molecule has 7 atom stereocenters. The Morgan fingerprint density at radius 3 is 2.38 bits per heavy atom. The molecule has 42 heavy (non-hydrogen) atoms. The minimum absolute atomic E-state index is 0.0799. The molecule has 2 aromatic carbocycles. The topological polar surface area (TPSA) is 174 Å². The molecule has 2 aromatic rings. The smallest absolute Gasteiger partial charge is 0.229 e. The molecule has 3 aliphatic carbocycles. The van der Waals surface area contributed by atoms with Gasteiger partial charge in [0.1, 0.15) is 35.9 Å². The predicted molar refractivity (Wildman–Crippen MR) is 148 cm³/mol. The molecule has 2 fully saturated rings. The highest BCUT2D eigenvalue weighted by atomic mass is 16.7. The van der Waals surface area contributed by atoms with Gasteiger partial charge in [-0.3, -0.25) is 9.59 Å². The molecule has 1 aliphatic heterocycles. The summed E-state index contributed by atoms with van der Waals surface area (Å²) < 4.78 is 11.2. The van der Waals surface area contributed by atoms with Crippen LogP contribution in [0.2, 0.25) is 0 Å². The molecule has 0 bridgehead atoms. The lowest BCUT2D eigenvalue weighted by molar-refractivity contribution is -0.277. The number of benzene rings is 2. The van der Waals surface area contributed by atoms with Crippen molar-refractivity contribution in [2.24, 2.45) is 11.8 Å². The number of hydrogen-bond donors (Lipinski definition) is 6. The second-order valence-corrected chi connectivity index (χ2v) is 11.6. The Bertz CT molecular complexity index is 1450. The van der Waals surface area contributed by atoms with E-state index in [-0.39, 0.29) is 35.0 Å². The SMILES string of the molecule is O=C1c2c(O[C@@H]3O[C@H](CO)[C@@H](O)[C@H](O)[C@H]3O)cccc2C(=O)[C@H]2C=C(C3(c4cccc(CO)c4)CCCC3)C=C(O)[C@@H]12. The van der Waals surface area contributed by atoms with Gasteiger partial charge in [0.2, 0.25) is 6.29 Å². The van der Waals surface area contributed by atoms with E-state index in [1.807, 2.05) is 24.3 Å². The van der Waals surface area contributed by atoms with Crippen LogP contribution in [0, 0.1) is 11.8 Å². The monoisotopic (exact) mass is 578 g/mol. The number of hydrogen-bond acceptors (Lipinski definition) is 10. The standard InChI is InChI=1S/C32H34O10/c33-14-16-5-3-6-17(11-16)32(9-1-2-10-32)18-12-20-24(21(35)13-18)28(38)25-19(26(20)36)7-4-8-22(25)41-31-30(40)29(39)27(37)23(15-34)42-31/h3-8,11-13,20,23-24,27,29-31,33-35,37,39-40H,1-2,9-10,14-15H2/t20-,23+,24-,27+,29-,30+,31+/m0/s1. The zero-order chi connectivity index (χ0) is 29.8. The van der Waals surface area contributed by atoms with Crippen LogP contribution in [-0.4, -0.2) is 79.5 Å². The fraction of sp³-hybridized carbons (Fsp3) is 0.438. The lowest BCUT2D eigenvalue weighted by Gasteiger charge is -2.40. The highest BCUT2D eigenvalue weighted by molar-refractivity contribution is 6.19. The molecule has 6 N–H and O–H groups in total. The largest absolute Gasteiger partial charge is 0.511 e. The van der Waals surface area contributed by atoms with E-state index in [4.69, 9.17) is 9.47 Å². The first-order valence-electron chi connectivity index (χ1n) is 14.2. The average molecular weight is 579 g/mol. The lowest BCUT2D eigenvalue weighted by atomic mass is 9.64. The molecular weight excluding hydrogens is 544 g/mol. The van der Waals surface area contributed by atoms with Crippen molar-refractivity contribution >= 4 is 11.6 Å². The van der Waals surface area contributed by atoms with Gasteiger partial charge in [-0.2, -0.15) is 0 Å². The number of carbonyl (C=O) groups excluding carboxylic acids is 2. The quantitative estimate of drug-likeness (QED) is 0.297. The first-order chi connectivity index (χ1) is 20.2. The van der Waals surface area contributed by atoms with Gasteiger partial charge in [0.05, 0.1) is 30.6 Å². The fourth-order valence-electron chi connectivity index (χ4n) is 7.00. The Morgan fingerprint density at radius 1 is 0.929 bits per heavy atom. The molecular formula is C32H34O10. The van der Waals surface area contributed by atoms with E-state index in [1.165, 1.54) is 18.2 Å². The molecule has 222 valence electrons. The van der Waals surface area contributed by atoms with Crippen LogP contribution < -0.4 is 4.74 Å². The minimum atomic E-state index is -1.71. The molecule has 10 nitrogen and oxygen atoms in total. The van der Waals surface area contributed by atoms with Crippen LogP contribution >= 0.6 is 0 Å². The molecule has 1 heterocycles. The van der Waals surface area contributed by atoms with E-state index in [0.717, 1.165) is 42.4 Å². The van der Waals surface area contributed by atoms with E-state index < -0.39 is 60.3 Å². The number of aliphatic hydroxyl groups excluding tert-OH is 6. The third kappa shape index (κ3) is 4.50. The summed E-state index contributed by atoms with van der Waals surface area (Å²) in [6.07, 6.45) is -0.844. The predicted octanol–water partition coefficient (Wildman–Crippen LogP) is 1.86. The maximum absolute atomic E-state index is 13.9. The van der Waals surface area contributed by atoms with Crippen molar-refractivity contribution < 1.29 is 49.7 Å². The maximum Gasteiger partial charge on any atom is 0.229 e. The zero-order valence-electron chi connectivity index (χ0n) is 22.8. The summed E-state index contributed by atoms with van der Waals surface area (Å²) in [6, 6.07) is 12.1. The van der Waals surface area contributed by atoms with Crippen LogP contribution in [0.15, 0.2) is 65.9 Å². The van der Waals surface area contributed by atoms with Gasteiger partial charge in [-0.25, -0.2) is 0 Å². The maximum atomic E-state index is 13.9. The molecule has 6 rings (SSSR count). The molecule has 4 aliphatic rings. The highest BCUT2D eigenvalue weighted by Gasteiger charge is 2.50. The Labute approximate surface area is 242 Å². The summed E-state index contributed by atoms with van der Waals surface area (Å²) in [5.41, 5.74) is 2.07. The number of ether oxygens (including phenoxy) is 2. The number of Topliss-reactive ketones (excluding diaryl/α,β-unsaturated/α-hetero) is 2. The number of allylic oxidation sites excluding steroid dienone is 4. The number of rotatable bonds is 6. The number of aliphatic hydroxyl groups is 6. The van der Waals surface area contributed by atoms with Crippen molar-refractivity contribution in [2.75, 3.05) is 6.61 Å². The van der Waals surface area contributed by atoms with Crippen molar-refractivity contribution in [3.8, 4) is 5.75 Å². The lowest BCUT2D eigenvalue weighted by Crippen LogP contribution is -2.60. The average Bonchev–Trinajstić information content (AvgIpc) is 3.51. The fourth-order valence-corrected chi connectivity index (χ4v) is 7.00. The summed E-state index contributed by atoms with van der Waals surface area (Å²) in [7, 11) is 0. The number of ketones is 2. The van der Waals surface area contributed by atoms with Crippen molar-refractivity contribution in [2.45, 2.75) is 68.4 Å². The van der Waals surface area contributed by atoms with E-state index in [1.54, 1.807) is 12.2 Å². The normalized spacial score (nSPS) is 32.1. The van der Waals surface area contributed by atoms with Gasteiger partial charge < -0.3 is 40.1 Å². The molecule has 10 heteroatoms. The first kappa shape index (κ1) is 28.7. The molecule has 1 saturated heterocycles. The minimum Gasteiger partial charge on any atom is -0.511 e. The number of fused-ring (bicyclic) bond motifs is 2. The summed E-state index contributed by atoms with van der Waals surface area (Å²) in [5, 5.41) is 61.3. The Balaban J connectivity index is 1.37. The Hall–Kier alpha value is -3.38. The van der Waals surface area contributed by atoms with Crippen LogP contribution in [0.5, 0.6) is 5.75 Å². The molecule has 0 amide bonds. The van der Waals surface area contributed by atoms with Crippen LogP contribution in [0.3, 0.4) is 0 Å². The second kappa shape index (κ2) is 11.0. The summed E-state index contributed by atoms with van der Waals surface area (Å²) >= 11 is 0. The van der Waals surface area contributed by atoms with E-state index in [0.29, 0.717) is 0 Å². The second-order valence-electron chi connectivity index (χ2n) is 11.6. The Morgan fingerprint density at radius 2 is 1.67 bits per heavy atom. The van der Waals surface area contributed by atoms with Crippen LogP contribution in [0.4, 0.5) is 0 Å². The molecule has 0 spiro atoms. The highest BCUT2D eigenvalue weighted by Crippen LogP contribution is 2.51. The third-order valence-corrected chi connectivity index (χ3v) is 9.23. The van der Waals surface area contributed by atoms with Gasteiger partial charge >= 0.3 is 0 Å². The molecule has 0 aromatic heterocycles. The van der Waals surface area contributed by atoms with Gasteiger partial charge in [0.25, 0.3) is 0 Å². The van der Waals surface area contributed by atoms with Crippen LogP contribution in [-0.2, 0) is 16.8 Å². The summed E-state index contributed by atoms with van der Waals surface area (Å²) in [6.45, 7) is -0.760. The Kier molecular flexibility index (Phi) is 7.55. The number of carbonyl (C=O) groups is 2. The summed E-state index contributed by atoms with van der Waals surface area (Å²) in [5.74, 6) is -3.34. The zero-order valence-corrected chi connectivity index (χ0v) is 22.8. The molecule has 0 unspecified atom stereocenters. The van der Waals surface area contributed by atoms with Gasteiger partial charge in [0, 0.05) is 11.0 Å². The van der Waals surface area contributed by atoms with Crippen molar-refractivity contribution in [3.63, 3.8) is 0 Å². The van der Waals surface area contributed by atoms with Gasteiger partial charge in [-0.05, 0) is 41.7 Å². The van der Waals surface area contributed by atoms with Gasteiger partial charge in [0.15, 0.2) is 11.6 Å². The van der Waals surface area contributed by atoms with Crippen LogP contribution in [0.25, 0.3) is 0 Å². The van der Waals surface area contributed by atoms with Crippen molar-refractivity contribution in [3.05, 3.63) is 88.2 Å². The third-order valence-electron chi connectivity index (χ3n) is 9.23. The molecule has 1 saturated carbocycles. The van der Waals surface area contributed by atoms with Crippen molar-refractivity contribution in [1.82, 2.24) is 0 Å². The van der Waals surface area contributed by atoms with E-state index in [9.17, 15) is 40.2 Å². The molecule has 0 radical (unpaired) electrons. The first-order valence-corrected chi connectivity index (χ1v) is 14.2. The van der Waals surface area contributed by atoms with E-state index >= 15 is 0 Å². The van der Waals surface area contributed by atoms with Crippen molar-refractivity contribution in [1.29, 1.82) is 0 Å². The van der Waals surface area contributed by atoms with Gasteiger partial charge in [-0.1, -0.05) is 55.3 Å². The van der Waals surface area contributed by atoms with E-state index in [2.05, 4.69) is 0 Å². The summed E-state index contributed by atoms with van der Waals surface area (Å²) in [4.78, 5) is 27.9.